The number of nitrogens with zero attached hydrogens (tertiary/aromatic N) is 2. The van der Waals surface area contributed by atoms with Gasteiger partial charge in [0.15, 0.2) is 0 Å². The quantitative estimate of drug-likeness (QED) is 0.695. The van der Waals surface area contributed by atoms with Gasteiger partial charge in [-0.15, -0.1) is 0 Å². The number of hydrogen-bond donors (Lipinski definition) is 1. The summed E-state index contributed by atoms with van der Waals surface area (Å²) >= 11 is 0. The molecule has 1 aromatic rings. The van der Waals surface area contributed by atoms with Gasteiger partial charge in [-0.25, -0.2) is 4.90 Å². The molecule has 0 aromatic heterocycles. The largest absolute Gasteiger partial charge is 0.399 e. The Hall–Kier alpha value is -2.35. The van der Waals surface area contributed by atoms with Crippen molar-refractivity contribution in [2.45, 2.75) is 12.8 Å². The molecule has 0 radical (unpaired) electrons. The zero-order valence-corrected chi connectivity index (χ0v) is 8.43. The lowest BCUT2D eigenvalue weighted by molar-refractivity contribution is -0.125. The van der Waals surface area contributed by atoms with E-state index >= 15 is 0 Å². The first kappa shape index (κ1) is 10.2. The average molecular weight is 215 g/mol. The fraction of sp³-hybridized carbons (Fsp3) is 0.182. The number of carbonyl (C=O) groups is 2. The van der Waals surface area contributed by atoms with Gasteiger partial charge in [-0.1, -0.05) is 0 Å². The fourth-order valence-corrected chi connectivity index (χ4v) is 1.76. The van der Waals surface area contributed by atoms with Crippen LogP contribution < -0.4 is 10.6 Å². The second-order valence-electron chi connectivity index (χ2n) is 3.52. The molecule has 0 spiro atoms. The molecule has 0 saturated carbocycles. The lowest BCUT2D eigenvalue weighted by Gasteiger charge is -2.13. The van der Waals surface area contributed by atoms with E-state index in [-0.39, 0.29) is 18.7 Å². The number of amides is 2. The van der Waals surface area contributed by atoms with Crippen LogP contribution in [0.3, 0.4) is 0 Å². The summed E-state index contributed by atoms with van der Waals surface area (Å²) < 4.78 is 0. The topological polar surface area (TPSA) is 87.2 Å². The van der Waals surface area contributed by atoms with Crippen molar-refractivity contribution in [2.75, 3.05) is 10.6 Å². The third-order valence-electron chi connectivity index (χ3n) is 2.42. The van der Waals surface area contributed by atoms with Crippen LogP contribution in [-0.2, 0) is 16.0 Å². The number of anilines is 2. The van der Waals surface area contributed by atoms with Crippen LogP contribution in [0.4, 0.5) is 11.4 Å². The first-order valence-corrected chi connectivity index (χ1v) is 4.74. The average Bonchev–Trinajstić information content (AvgIpc) is 2.53. The number of nitriles is 1. The number of carbonyl (C=O) groups excluding carboxylic acids is 2. The van der Waals surface area contributed by atoms with Crippen molar-refractivity contribution < 1.29 is 9.59 Å². The number of nitrogens with two attached hydrogens (primary N) is 1. The van der Waals surface area contributed by atoms with E-state index in [9.17, 15) is 9.59 Å². The van der Waals surface area contributed by atoms with Crippen LogP contribution in [0.2, 0.25) is 0 Å². The van der Waals surface area contributed by atoms with E-state index in [0.717, 1.165) is 10.5 Å². The van der Waals surface area contributed by atoms with E-state index in [4.69, 9.17) is 11.0 Å². The SMILES string of the molecule is N#CCC(=O)N1C(=O)Cc2cc(N)ccc21. The van der Waals surface area contributed by atoms with Crippen molar-refractivity contribution in [1.82, 2.24) is 0 Å². The van der Waals surface area contributed by atoms with Gasteiger partial charge in [0.1, 0.15) is 6.42 Å². The summed E-state index contributed by atoms with van der Waals surface area (Å²) in [6.45, 7) is 0. The molecule has 0 atom stereocenters. The van der Waals surface area contributed by atoms with Gasteiger partial charge in [-0.3, -0.25) is 9.59 Å². The van der Waals surface area contributed by atoms with E-state index in [1.54, 1.807) is 24.3 Å². The fourth-order valence-electron chi connectivity index (χ4n) is 1.76. The summed E-state index contributed by atoms with van der Waals surface area (Å²) in [6, 6.07) is 6.67. The third-order valence-corrected chi connectivity index (χ3v) is 2.42. The normalized spacial score (nSPS) is 13.4. The molecule has 1 aliphatic rings. The Bertz CT molecular complexity index is 516. The number of imide groups is 1. The van der Waals surface area contributed by atoms with E-state index in [2.05, 4.69) is 0 Å². The minimum atomic E-state index is -0.490. The monoisotopic (exact) mass is 215 g/mol. The Kier molecular flexibility index (Phi) is 2.33. The molecule has 0 unspecified atom stereocenters. The number of fused-ring (bicyclic) bond motifs is 1. The summed E-state index contributed by atoms with van der Waals surface area (Å²) in [5.74, 6) is -0.795. The summed E-state index contributed by atoms with van der Waals surface area (Å²) in [7, 11) is 0. The van der Waals surface area contributed by atoms with Crippen LogP contribution in [0.1, 0.15) is 12.0 Å². The maximum absolute atomic E-state index is 11.6. The van der Waals surface area contributed by atoms with Crippen LogP contribution in [-0.4, -0.2) is 11.8 Å². The predicted octanol–water partition coefficient (Wildman–Crippen LogP) is 0.598. The molecule has 80 valence electrons. The molecule has 0 saturated heterocycles. The molecule has 1 aliphatic heterocycles. The van der Waals surface area contributed by atoms with Crippen LogP contribution in [0, 0.1) is 11.3 Å². The number of nitrogen functional groups attached to an aromatic ring is 1. The number of benzene rings is 1. The predicted molar refractivity (Wildman–Crippen MR) is 57.3 cm³/mol. The zero-order chi connectivity index (χ0) is 11.7. The Morgan fingerprint density at radius 1 is 1.56 bits per heavy atom. The maximum Gasteiger partial charge on any atom is 0.247 e. The Morgan fingerprint density at radius 3 is 3.00 bits per heavy atom. The van der Waals surface area contributed by atoms with Crippen molar-refractivity contribution in [3.05, 3.63) is 23.8 Å². The first-order chi connectivity index (χ1) is 7.63. The minimum absolute atomic E-state index is 0.164. The molecule has 0 fully saturated rings. The van der Waals surface area contributed by atoms with Gasteiger partial charge in [-0.05, 0) is 23.8 Å². The number of rotatable bonds is 1. The zero-order valence-electron chi connectivity index (χ0n) is 8.43. The molecule has 2 rings (SSSR count). The molecule has 0 bridgehead atoms. The van der Waals surface area contributed by atoms with E-state index < -0.39 is 5.91 Å². The maximum atomic E-state index is 11.6. The van der Waals surface area contributed by atoms with Crippen molar-refractivity contribution in [3.63, 3.8) is 0 Å². The molecule has 0 aliphatic carbocycles. The van der Waals surface area contributed by atoms with Gasteiger partial charge in [0, 0.05) is 5.69 Å². The van der Waals surface area contributed by atoms with Crippen LogP contribution in [0.15, 0.2) is 18.2 Å². The molecule has 2 amide bonds. The highest BCUT2D eigenvalue weighted by atomic mass is 16.2. The van der Waals surface area contributed by atoms with Crippen LogP contribution >= 0.6 is 0 Å². The Labute approximate surface area is 92.1 Å². The summed E-state index contributed by atoms with van der Waals surface area (Å²) in [4.78, 5) is 24.2. The van der Waals surface area contributed by atoms with E-state index in [0.29, 0.717) is 11.4 Å². The van der Waals surface area contributed by atoms with Gasteiger partial charge >= 0.3 is 0 Å². The van der Waals surface area contributed by atoms with Gasteiger partial charge in [-0.2, -0.15) is 5.26 Å². The van der Waals surface area contributed by atoms with Gasteiger partial charge in [0.2, 0.25) is 11.8 Å². The van der Waals surface area contributed by atoms with Gasteiger partial charge in [0.05, 0.1) is 18.2 Å². The Morgan fingerprint density at radius 2 is 2.31 bits per heavy atom. The van der Waals surface area contributed by atoms with Crippen molar-refractivity contribution in [3.8, 4) is 6.07 Å². The highest BCUT2D eigenvalue weighted by Crippen LogP contribution is 2.30. The summed E-state index contributed by atoms with van der Waals surface area (Å²) in [5, 5.41) is 8.45. The van der Waals surface area contributed by atoms with E-state index in [1.165, 1.54) is 0 Å². The second-order valence-corrected chi connectivity index (χ2v) is 3.52. The highest BCUT2D eigenvalue weighted by molar-refractivity contribution is 6.19. The van der Waals surface area contributed by atoms with Crippen LogP contribution in [0.5, 0.6) is 0 Å². The molecule has 5 nitrogen and oxygen atoms in total. The molecular formula is C11H9N3O2. The summed E-state index contributed by atoms with van der Waals surface area (Å²) in [6.07, 6.45) is -0.132. The highest BCUT2D eigenvalue weighted by Gasteiger charge is 2.31. The molecule has 2 N–H and O–H groups in total. The Balaban J connectivity index is 2.41. The molecule has 1 heterocycles. The van der Waals surface area contributed by atoms with Crippen molar-refractivity contribution >= 4 is 23.2 Å². The summed E-state index contributed by atoms with van der Waals surface area (Å²) in [5.41, 5.74) is 7.42. The van der Waals surface area contributed by atoms with Gasteiger partial charge < -0.3 is 5.73 Å². The van der Waals surface area contributed by atoms with Gasteiger partial charge in [0.25, 0.3) is 0 Å². The van der Waals surface area contributed by atoms with Crippen molar-refractivity contribution in [1.29, 1.82) is 5.26 Å². The first-order valence-electron chi connectivity index (χ1n) is 4.74. The third kappa shape index (κ3) is 1.50. The minimum Gasteiger partial charge on any atom is -0.399 e. The van der Waals surface area contributed by atoms with E-state index in [1.807, 2.05) is 0 Å². The molecule has 1 aromatic carbocycles. The van der Waals surface area contributed by atoms with Crippen molar-refractivity contribution in [2.24, 2.45) is 0 Å². The second kappa shape index (κ2) is 3.66. The van der Waals surface area contributed by atoms with Crippen LogP contribution in [0.25, 0.3) is 0 Å². The molecular weight excluding hydrogens is 206 g/mol. The lowest BCUT2D eigenvalue weighted by Crippen LogP contribution is -2.33. The molecule has 5 heteroatoms. The standard InChI is InChI=1S/C11H9N3O2/c12-4-3-10(15)14-9-2-1-8(13)5-7(9)6-11(14)16/h1-2,5H,3,6,13H2. The molecule has 16 heavy (non-hydrogen) atoms. The smallest absolute Gasteiger partial charge is 0.247 e. The number of hydrogen-bond acceptors (Lipinski definition) is 4. The lowest BCUT2D eigenvalue weighted by atomic mass is 10.1.